The monoisotopic (exact) mass is 324 g/mol. The van der Waals surface area contributed by atoms with Crippen molar-refractivity contribution in [2.45, 2.75) is 32.7 Å². The number of carboxylic acid groups (broad SMARTS) is 1. The predicted octanol–water partition coefficient (Wildman–Crippen LogP) is 1.73. The van der Waals surface area contributed by atoms with Gasteiger partial charge >= 0.3 is 5.97 Å². The molecule has 2 N–H and O–H groups in total. The van der Waals surface area contributed by atoms with Crippen LogP contribution in [0.25, 0.3) is 0 Å². The number of nitrogens with one attached hydrogen (secondary N) is 1. The molecular formula is C16H24N2O5. The molecule has 0 aliphatic rings. The van der Waals surface area contributed by atoms with Gasteiger partial charge in [-0.25, -0.2) is 4.98 Å². The maximum absolute atomic E-state index is 12.4. The molecule has 128 valence electrons. The fourth-order valence-electron chi connectivity index (χ4n) is 1.90. The Morgan fingerprint density at radius 1 is 1.39 bits per heavy atom. The largest absolute Gasteiger partial charge is 0.481 e. The van der Waals surface area contributed by atoms with Crippen LogP contribution in [0, 0.1) is 5.92 Å². The summed E-state index contributed by atoms with van der Waals surface area (Å²) in [5.41, 5.74) is -0.479. The third-order valence-corrected chi connectivity index (χ3v) is 3.73. The van der Waals surface area contributed by atoms with E-state index < -0.39 is 11.5 Å². The zero-order valence-electron chi connectivity index (χ0n) is 14.0. The van der Waals surface area contributed by atoms with E-state index >= 15 is 0 Å². The molecular weight excluding hydrogens is 300 g/mol. The van der Waals surface area contributed by atoms with Gasteiger partial charge in [0.2, 0.25) is 5.88 Å². The van der Waals surface area contributed by atoms with Crippen molar-refractivity contribution in [3.05, 3.63) is 23.9 Å². The summed E-state index contributed by atoms with van der Waals surface area (Å²) >= 11 is 0. The van der Waals surface area contributed by atoms with Crippen molar-refractivity contribution in [2.24, 2.45) is 5.92 Å². The third kappa shape index (κ3) is 5.86. The van der Waals surface area contributed by atoms with Gasteiger partial charge in [-0.3, -0.25) is 9.59 Å². The Bertz CT molecular complexity index is 547. The summed E-state index contributed by atoms with van der Waals surface area (Å²) in [5, 5.41) is 11.9. The van der Waals surface area contributed by atoms with Gasteiger partial charge in [-0.2, -0.15) is 0 Å². The number of carbonyl (C=O) groups excluding carboxylic acids is 1. The van der Waals surface area contributed by atoms with E-state index in [1.54, 1.807) is 20.1 Å². The molecule has 0 fully saturated rings. The van der Waals surface area contributed by atoms with Crippen LogP contribution in [0.3, 0.4) is 0 Å². The Morgan fingerprint density at radius 2 is 2.09 bits per heavy atom. The highest BCUT2D eigenvalue weighted by Gasteiger charge is 2.33. The molecule has 1 atom stereocenters. The molecule has 0 saturated heterocycles. The molecule has 1 amide bonds. The molecule has 1 unspecified atom stereocenters. The molecule has 0 aromatic carbocycles. The lowest BCUT2D eigenvalue weighted by Gasteiger charge is -2.33. The lowest BCUT2D eigenvalue weighted by atomic mass is 9.85. The topological polar surface area (TPSA) is 97.8 Å². The number of ether oxygens (including phenoxy) is 2. The van der Waals surface area contributed by atoms with Gasteiger partial charge in [-0.1, -0.05) is 13.8 Å². The lowest BCUT2D eigenvalue weighted by Crippen LogP contribution is -2.51. The van der Waals surface area contributed by atoms with Gasteiger partial charge in [0.1, 0.15) is 6.61 Å². The summed E-state index contributed by atoms with van der Waals surface area (Å²) in [6.45, 7) is 6.21. The molecule has 23 heavy (non-hydrogen) atoms. The van der Waals surface area contributed by atoms with Gasteiger partial charge in [0, 0.05) is 24.9 Å². The number of hydrogen-bond acceptors (Lipinski definition) is 5. The zero-order valence-corrected chi connectivity index (χ0v) is 14.0. The number of rotatable bonds is 9. The second kappa shape index (κ2) is 8.47. The van der Waals surface area contributed by atoms with Gasteiger partial charge in [0.15, 0.2) is 0 Å². The van der Waals surface area contributed by atoms with Gasteiger partial charge in [-0.15, -0.1) is 0 Å². The highest BCUT2D eigenvalue weighted by molar-refractivity contribution is 5.95. The number of carbonyl (C=O) groups is 2. The molecule has 0 aliphatic heterocycles. The van der Waals surface area contributed by atoms with Gasteiger partial charge in [-0.05, 0) is 18.9 Å². The first-order valence-electron chi connectivity index (χ1n) is 7.40. The average molecular weight is 324 g/mol. The highest BCUT2D eigenvalue weighted by atomic mass is 16.5. The van der Waals surface area contributed by atoms with Gasteiger partial charge in [0.05, 0.1) is 18.6 Å². The maximum Gasteiger partial charge on any atom is 0.305 e. The molecule has 0 radical (unpaired) electrons. The molecule has 1 rings (SSSR count). The first-order chi connectivity index (χ1) is 10.8. The summed E-state index contributed by atoms with van der Waals surface area (Å²) < 4.78 is 10.3. The van der Waals surface area contributed by atoms with E-state index in [0.717, 1.165) is 0 Å². The molecule has 1 aromatic heterocycles. The van der Waals surface area contributed by atoms with Crippen LogP contribution in [0.4, 0.5) is 0 Å². The minimum atomic E-state index is -0.959. The standard InChI is InChI=1S/C16H24N2O5/c1-11(2)16(3,10-14(19)20)18-15(21)12-5-6-17-13(9-12)23-8-7-22-4/h5-6,9,11H,7-8,10H2,1-4H3,(H,18,21)(H,19,20). The van der Waals surface area contributed by atoms with Crippen LogP contribution in [0.5, 0.6) is 5.88 Å². The lowest BCUT2D eigenvalue weighted by molar-refractivity contribution is -0.138. The second-order valence-electron chi connectivity index (χ2n) is 5.82. The summed E-state index contributed by atoms with van der Waals surface area (Å²) in [6.07, 6.45) is 1.32. The van der Waals surface area contributed by atoms with Crippen molar-refractivity contribution in [3.8, 4) is 5.88 Å². The molecule has 1 heterocycles. The fraction of sp³-hybridized carbons (Fsp3) is 0.562. The first kappa shape index (κ1) is 18.9. The normalized spacial score (nSPS) is 13.4. The predicted molar refractivity (Wildman–Crippen MR) is 84.6 cm³/mol. The number of amides is 1. The fourth-order valence-corrected chi connectivity index (χ4v) is 1.90. The van der Waals surface area contributed by atoms with Crippen molar-refractivity contribution in [3.63, 3.8) is 0 Å². The van der Waals surface area contributed by atoms with E-state index in [1.165, 1.54) is 12.3 Å². The Kier molecular flexibility index (Phi) is 6.96. The van der Waals surface area contributed by atoms with Crippen LogP contribution in [0.15, 0.2) is 18.3 Å². The second-order valence-corrected chi connectivity index (χ2v) is 5.82. The Balaban J connectivity index is 2.83. The van der Waals surface area contributed by atoms with Crippen LogP contribution >= 0.6 is 0 Å². The number of methoxy groups -OCH3 is 1. The molecule has 7 nitrogen and oxygen atoms in total. The highest BCUT2D eigenvalue weighted by Crippen LogP contribution is 2.22. The molecule has 7 heteroatoms. The number of pyridine rings is 1. The van der Waals surface area contributed by atoms with Crippen molar-refractivity contribution in [2.75, 3.05) is 20.3 Å². The SMILES string of the molecule is COCCOc1cc(C(=O)NC(C)(CC(=O)O)C(C)C)ccn1. The van der Waals surface area contributed by atoms with E-state index in [-0.39, 0.29) is 18.2 Å². The van der Waals surface area contributed by atoms with Crippen LogP contribution in [-0.4, -0.2) is 47.8 Å². The van der Waals surface area contributed by atoms with Crippen molar-refractivity contribution < 1.29 is 24.2 Å². The van der Waals surface area contributed by atoms with Crippen LogP contribution in [0.1, 0.15) is 37.6 Å². The summed E-state index contributed by atoms with van der Waals surface area (Å²) in [6, 6.07) is 3.08. The van der Waals surface area contributed by atoms with Crippen LogP contribution < -0.4 is 10.1 Å². The first-order valence-corrected chi connectivity index (χ1v) is 7.40. The minimum absolute atomic E-state index is 0.0400. The molecule has 0 spiro atoms. The Morgan fingerprint density at radius 3 is 2.65 bits per heavy atom. The molecule has 1 aromatic rings. The van der Waals surface area contributed by atoms with Crippen LogP contribution in [0.2, 0.25) is 0 Å². The van der Waals surface area contributed by atoms with Gasteiger partial charge < -0.3 is 19.9 Å². The van der Waals surface area contributed by atoms with Gasteiger partial charge in [0.25, 0.3) is 5.91 Å². The van der Waals surface area contributed by atoms with Crippen molar-refractivity contribution >= 4 is 11.9 Å². The zero-order chi connectivity index (χ0) is 17.5. The number of aliphatic carboxylic acids is 1. The van der Waals surface area contributed by atoms with E-state index in [0.29, 0.717) is 24.7 Å². The number of nitrogens with zero attached hydrogens (tertiary/aromatic N) is 1. The summed E-state index contributed by atoms with van der Waals surface area (Å²) in [4.78, 5) is 27.5. The average Bonchev–Trinajstić information content (AvgIpc) is 2.46. The third-order valence-electron chi connectivity index (χ3n) is 3.73. The summed E-state index contributed by atoms with van der Waals surface area (Å²) in [5.74, 6) is -1.04. The summed E-state index contributed by atoms with van der Waals surface area (Å²) in [7, 11) is 1.57. The molecule has 0 aliphatic carbocycles. The number of hydrogen-bond donors (Lipinski definition) is 2. The minimum Gasteiger partial charge on any atom is -0.481 e. The van der Waals surface area contributed by atoms with E-state index in [1.807, 2.05) is 13.8 Å². The quantitative estimate of drug-likeness (QED) is 0.671. The maximum atomic E-state index is 12.4. The van der Waals surface area contributed by atoms with E-state index in [9.17, 15) is 9.59 Å². The van der Waals surface area contributed by atoms with E-state index in [2.05, 4.69) is 10.3 Å². The van der Waals surface area contributed by atoms with Crippen molar-refractivity contribution in [1.29, 1.82) is 0 Å². The Labute approximate surface area is 136 Å². The van der Waals surface area contributed by atoms with E-state index in [4.69, 9.17) is 14.6 Å². The Hall–Kier alpha value is -2.15. The number of carboxylic acids is 1. The molecule has 0 saturated carbocycles. The number of aromatic nitrogens is 1. The molecule has 0 bridgehead atoms. The van der Waals surface area contributed by atoms with Crippen LogP contribution in [-0.2, 0) is 9.53 Å². The smallest absolute Gasteiger partial charge is 0.305 e. The van der Waals surface area contributed by atoms with Crippen molar-refractivity contribution in [1.82, 2.24) is 10.3 Å².